The van der Waals surface area contributed by atoms with Crippen molar-refractivity contribution in [2.75, 3.05) is 18.5 Å². The van der Waals surface area contributed by atoms with E-state index in [1.165, 1.54) is 0 Å². The SMILES string of the molecule is Cc1ccccc1C(=O)Nc1ccc(OCCN)cc1. The molecule has 0 unspecified atom stereocenters. The maximum Gasteiger partial charge on any atom is 0.255 e. The lowest BCUT2D eigenvalue weighted by Crippen LogP contribution is -2.13. The van der Waals surface area contributed by atoms with Gasteiger partial charge in [0.05, 0.1) is 0 Å². The Balaban J connectivity index is 2.03. The van der Waals surface area contributed by atoms with E-state index in [1.54, 1.807) is 0 Å². The van der Waals surface area contributed by atoms with E-state index in [9.17, 15) is 4.79 Å². The van der Waals surface area contributed by atoms with Crippen molar-refractivity contribution in [1.82, 2.24) is 0 Å². The summed E-state index contributed by atoms with van der Waals surface area (Å²) in [5, 5.41) is 2.86. The molecule has 3 N–H and O–H groups in total. The Bertz CT molecular complexity index is 579. The summed E-state index contributed by atoms with van der Waals surface area (Å²) < 4.78 is 5.38. The minimum absolute atomic E-state index is 0.112. The van der Waals surface area contributed by atoms with Crippen LogP contribution in [0.15, 0.2) is 48.5 Å². The van der Waals surface area contributed by atoms with E-state index in [0.29, 0.717) is 18.7 Å². The lowest BCUT2D eigenvalue weighted by Gasteiger charge is -2.09. The highest BCUT2D eigenvalue weighted by Crippen LogP contribution is 2.17. The molecule has 0 aliphatic rings. The molecule has 0 aromatic heterocycles. The number of nitrogens with two attached hydrogens (primary N) is 1. The Labute approximate surface area is 118 Å². The summed E-state index contributed by atoms with van der Waals surface area (Å²) in [5.74, 6) is 0.628. The molecule has 0 aliphatic heterocycles. The van der Waals surface area contributed by atoms with E-state index < -0.39 is 0 Å². The van der Waals surface area contributed by atoms with E-state index in [4.69, 9.17) is 10.5 Å². The van der Waals surface area contributed by atoms with Gasteiger partial charge >= 0.3 is 0 Å². The van der Waals surface area contributed by atoms with E-state index in [2.05, 4.69) is 5.32 Å². The zero-order valence-electron chi connectivity index (χ0n) is 11.4. The second-order valence-electron chi connectivity index (χ2n) is 4.43. The predicted octanol–water partition coefficient (Wildman–Crippen LogP) is 2.58. The van der Waals surface area contributed by atoms with E-state index in [-0.39, 0.29) is 5.91 Å². The molecule has 4 heteroatoms. The summed E-state index contributed by atoms with van der Waals surface area (Å²) in [4.78, 5) is 12.1. The third kappa shape index (κ3) is 3.59. The van der Waals surface area contributed by atoms with E-state index in [1.807, 2.05) is 55.5 Å². The predicted molar refractivity (Wildman–Crippen MR) is 80.1 cm³/mol. The van der Waals surface area contributed by atoms with Crippen LogP contribution in [-0.2, 0) is 0 Å². The van der Waals surface area contributed by atoms with Crippen LogP contribution in [0.4, 0.5) is 5.69 Å². The summed E-state index contributed by atoms with van der Waals surface area (Å²) in [7, 11) is 0. The maximum atomic E-state index is 12.1. The van der Waals surface area contributed by atoms with Gasteiger partial charge in [0.1, 0.15) is 12.4 Å². The minimum atomic E-state index is -0.112. The number of anilines is 1. The third-order valence-electron chi connectivity index (χ3n) is 2.89. The van der Waals surface area contributed by atoms with Crippen LogP contribution in [0.2, 0.25) is 0 Å². The lowest BCUT2D eigenvalue weighted by atomic mass is 10.1. The van der Waals surface area contributed by atoms with Gasteiger partial charge in [-0.1, -0.05) is 18.2 Å². The number of rotatable bonds is 5. The summed E-state index contributed by atoms with van der Waals surface area (Å²) in [6.45, 7) is 2.87. The van der Waals surface area contributed by atoms with Crippen molar-refractivity contribution in [3.63, 3.8) is 0 Å². The number of ether oxygens (including phenoxy) is 1. The Morgan fingerprint density at radius 2 is 1.85 bits per heavy atom. The van der Waals surface area contributed by atoms with Gasteiger partial charge in [0.25, 0.3) is 5.91 Å². The molecular formula is C16H18N2O2. The molecule has 0 heterocycles. The summed E-state index contributed by atoms with van der Waals surface area (Å²) in [6.07, 6.45) is 0. The number of carbonyl (C=O) groups is 1. The first-order chi connectivity index (χ1) is 9.70. The molecule has 0 saturated heterocycles. The van der Waals surface area contributed by atoms with Crippen molar-refractivity contribution in [2.45, 2.75) is 6.92 Å². The fraction of sp³-hybridized carbons (Fsp3) is 0.188. The molecule has 4 nitrogen and oxygen atoms in total. The summed E-state index contributed by atoms with van der Waals surface area (Å²) in [5.41, 5.74) is 7.73. The standard InChI is InChI=1S/C16H18N2O2/c1-12-4-2-3-5-15(12)16(19)18-13-6-8-14(9-7-13)20-11-10-17/h2-9H,10-11,17H2,1H3,(H,18,19). The molecule has 0 bridgehead atoms. The highest BCUT2D eigenvalue weighted by Gasteiger charge is 2.08. The Kier molecular flexibility index (Phi) is 4.74. The van der Waals surface area contributed by atoms with Crippen LogP contribution in [0.1, 0.15) is 15.9 Å². The van der Waals surface area contributed by atoms with Crippen LogP contribution in [0.25, 0.3) is 0 Å². The Hall–Kier alpha value is -2.33. The van der Waals surface area contributed by atoms with Gasteiger partial charge in [-0.05, 0) is 42.8 Å². The first-order valence-corrected chi connectivity index (χ1v) is 6.50. The van der Waals surface area contributed by atoms with Gasteiger partial charge < -0.3 is 15.8 Å². The molecule has 0 fully saturated rings. The first kappa shape index (κ1) is 14.1. The second-order valence-corrected chi connectivity index (χ2v) is 4.43. The molecule has 0 saturated carbocycles. The zero-order chi connectivity index (χ0) is 14.4. The highest BCUT2D eigenvalue weighted by molar-refractivity contribution is 6.05. The summed E-state index contributed by atoms with van der Waals surface area (Å²) >= 11 is 0. The van der Waals surface area contributed by atoms with Crippen molar-refractivity contribution in [1.29, 1.82) is 0 Å². The van der Waals surface area contributed by atoms with Crippen LogP contribution in [-0.4, -0.2) is 19.1 Å². The number of amides is 1. The van der Waals surface area contributed by atoms with Crippen LogP contribution >= 0.6 is 0 Å². The molecule has 0 spiro atoms. The molecule has 2 rings (SSSR count). The highest BCUT2D eigenvalue weighted by atomic mass is 16.5. The van der Waals surface area contributed by atoms with Gasteiger partial charge in [0.15, 0.2) is 0 Å². The monoisotopic (exact) mass is 270 g/mol. The lowest BCUT2D eigenvalue weighted by molar-refractivity contribution is 0.102. The van der Waals surface area contributed by atoms with Crippen LogP contribution in [0.3, 0.4) is 0 Å². The molecule has 2 aromatic rings. The first-order valence-electron chi connectivity index (χ1n) is 6.50. The largest absolute Gasteiger partial charge is 0.492 e. The van der Waals surface area contributed by atoms with Crippen molar-refractivity contribution in [3.8, 4) is 5.75 Å². The molecule has 2 aromatic carbocycles. The topological polar surface area (TPSA) is 64.3 Å². The maximum absolute atomic E-state index is 12.1. The number of aryl methyl sites for hydroxylation is 1. The molecule has 104 valence electrons. The fourth-order valence-corrected chi connectivity index (χ4v) is 1.84. The van der Waals surface area contributed by atoms with Crippen LogP contribution < -0.4 is 15.8 Å². The average molecular weight is 270 g/mol. The fourth-order valence-electron chi connectivity index (χ4n) is 1.84. The number of hydrogen-bond acceptors (Lipinski definition) is 3. The van der Waals surface area contributed by atoms with Gasteiger partial charge in [-0.15, -0.1) is 0 Å². The van der Waals surface area contributed by atoms with Crippen molar-refractivity contribution >= 4 is 11.6 Å². The number of nitrogens with one attached hydrogen (secondary N) is 1. The van der Waals surface area contributed by atoms with E-state index >= 15 is 0 Å². The van der Waals surface area contributed by atoms with Crippen molar-refractivity contribution in [2.24, 2.45) is 5.73 Å². The minimum Gasteiger partial charge on any atom is -0.492 e. The number of hydrogen-bond donors (Lipinski definition) is 2. The van der Waals surface area contributed by atoms with Crippen molar-refractivity contribution in [3.05, 3.63) is 59.7 Å². The van der Waals surface area contributed by atoms with Gasteiger partial charge in [-0.3, -0.25) is 4.79 Å². The molecule has 0 radical (unpaired) electrons. The molecular weight excluding hydrogens is 252 g/mol. The molecule has 0 aliphatic carbocycles. The van der Waals surface area contributed by atoms with Crippen LogP contribution in [0.5, 0.6) is 5.75 Å². The van der Waals surface area contributed by atoms with Gasteiger partial charge in [0, 0.05) is 17.8 Å². The van der Waals surface area contributed by atoms with Gasteiger partial charge in [-0.2, -0.15) is 0 Å². The third-order valence-corrected chi connectivity index (χ3v) is 2.89. The van der Waals surface area contributed by atoms with Crippen LogP contribution in [0, 0.1) is 6.92 Å². The van der Waals surface area contributed by atoms with Gasteiger partial charge in [0.2, 0.25) is 0 Å². The smallest absolute Gasteiger partial charge is 0.255 e. The normalized spacial score (nSPS) is 10.1. The number of benzene rings is 2. The zero-order valence-corrected chi connectivity index (χ0v) is 11.4. The number of carbonyl (C=O) groups excluding carboxylic acids is 1. The molecule has 0 atom stereocenters. The molecule has 1 amide bonds. The molecule has 20 heavy (non-hydrogen) atoms. The Morgan fingerprint density at radius 3 is 2.50 bits per heavy atom. The van der Waals surface area contributed by atoms with E-state index in [0.717, 1.165) is 17.0 Å². The van der Waals surface area contributed by atoms with Gasteiger partial charge in [-0.25, -0.2) is 0 Å². The second kappa shape index (κ2) is 6.73. The quantitative estimate of drug-likeness (QED) is 0.877. The average Bonchev–Trinajstić information content (AvgIpc) is 2.47. The summed E-state index contributed by atoms with van der Waals surface area (Å²) in [6, 6.07) is 14.7. The van der Waals surface area contributed by atoms with Crippen molar-refractivity contribution < 1.29 is 9.53 Å². The Morgan fingerprint density at radius 1 is 1.15 bits per heavy atom.